The first-order valence-electron chi connectivity index (χ1n) is 10.4. The highest BCUT2D eigenvalue weighted by atomic mass is 19.1. The first kappa shape index (κ1) is 20.3. The monoisotopic (exact) mass is 400 g/mol. The van der Waals surface area contributed by atoms with E-state index in [2.05, 4.69) is 18.8 Å². The van der Waals surface area contributed by atoms with Crippen molar-refractivity contribution < 1.29 is 14.3 Å². The predicted molar refractivity (Wildman–Crippen MR) is 117 cm³/mol. The lowest BCUT2D eigenvalue weighted by atomic mass is 9.57. The van der Waals surface area contributed by atoms with Crippen LogP contribution < -0.4 is 0 Å². The van der Waals surface area contributed by atoms with Crippen LogP contribution in [0.3, 0.4) is 0 Å². The summed E-state index contributed by atoms with van der Waals surface area (Å²) in [6.45, 7) is 4.12. The zero-order valence-electron chi connectivity index (χ0n) is 17.3. The van der Waals surface area contributed by atoms with Gasteiger partial charge in [-0.3, -0.25) is 4.79 Å². The van der Waals surface area contributed by atoms with Crippen LogP contribution in [0.2, 0.25) is 0 Å². The number of carbonyl (C=O) groups is 1. The number of benzene rings is 2. The summed E-state index contributed by atoms with van der Waals surface area (Å²) in [7, 11) is 0. The molecule has 2 aliphatic carbocycles. The molecule has 0 spiro atoms. The maximum absolute atomic E-state index is 13.3. The molecule has 0 aromatic heterocycles. The molecule has 0 aliphatic heterocycles. The van der Waals surface area contributed by atoms with Crippen LogP contribution in [-0.4, -0.2) is 17.0 Å². The summed E-state index contributed by atoms with van der Waals surface area (Å²) in [4.78, 5) is 12.9. The maximum atomic E-state index is 13.3. The Labute approximate surface area is 177 Å². The molecule has 2 aromatic carbocycles. The highest BCUT2D eigenvalue weighted by molar-refractivity contribution is 6.09. The molecule has 0 unspecified atom stereocenters. The normalized spacial score (nSPS) is 27.1. The lowest BCUT2D eigenvalue weighted by Crippen LogP contribution is -2.46. The minimum atomic E-state index is -0.438. The van der Waals surface area contributed by atoms with Crippen molar-refractivity contribution in [2.45, 2.75) is 39.2 Å². The fourth-order valence-corrected chi connectivity index (χ4v) is 4.63. The van der Waals surface area contributed by atoms with Crippen molar-refractivity contribution in [1.29, 1.82) is 0 Å². The molecule has 3 heteroatoms. The number of aliphatic hydroxyl groups excluding tert-OH is 1. The van der Waals surface area contributed by atoms with Crippen molar-refractivity contribution in [3.8, 4) is 11.8 Å². The van der Waals surface area contributed by atoms with Crippen LogP contribution in [0.15, 0.2) is 65.8 Å². The highest BCUT2D eigenvalue weighted by Crippen LogP contribution is 2.51. The van der Waals surface area contributed by atoms with E-state index < -0.39 is 11.5 Å². The average molecular weight is 400 g/mol. The third-order valence-corrected chi connectivity index (χ3v) is 6.65. The zero-order chi connectivity index (χ0) is 21.3. The number of rotatable bonds is 1. The molecule has 0 radical (unpaired) electrons. The summed E-state index contributed by atoms with van der Waals surface area (Å²) in [6, 6.07) is 13.9. The SMILES string of the molecule is C[C@H]1/C(=C\c2cccc(C#Cc3cccc(F)c3)c2)C(=O)C=C2CCC[C@H](O)[C@]21C. The van der Waals surface area contributed by atoms with Gasteiger partial charge in [0.2, 0.25) is 0 Å². The molecule has 152 valence electrons. The van der Waals surface area contributed by atoms with Gasteiger partial charge < -0.3 is 5.11 Å². The number of halogens is 1. The molecule has 2 aromatic rings. The van der Waals surface area contributed by atoms with Crippen LogP contribution in [0.1, 0.15) is 49.8 Å². The molecule has 0 bridgehead atoms. The number of fused-ring (bicyclic) bond motifs is 1. The molecule has 1 N–H and O–H groups in total. The van der Waals surface area contributed by atoms with E-state index in [1.807, 2.05) is 37.3 Å². The largest absolute Gasteiger partial charge is 0.392 e. The second-order valence-corrected chi connectivity index (χ2v) is 8.43. The summed E-state index contributed by atoms with van der Waals surface area (Å²) in [5.74, 6) is 5.70. The molecule has 2 nitrogen and oxygen atoms in total. The number of hydrogen-bond donors (Lipinski definition) is 1. The number of ketones is 1. The molecular weight excluding hydrogens is 375 g/mol. The second kappa shape index (κ2) is 8.05. The Kier molecular flexibility index (Phi) is 5.45. The van der Waals surface area contributed by atoms with E-state index in [4.69, 9.17) is 0 Å². The predicted octanol–water partition coefficient (Wildman–Crippen LogP) is 5.31. The van der Waals surface area contributed by atoms with Gasteiger partial charge in [-0.25, -0.2) is 4.39 Å². The Morgan fingerprint density at radius 2 is 1.83 bits per heavy atom. The van der Waals surface area contributed by atoms with E-state index in [1.54, 1.807) is 18.2 Å². The number of carbonyl (C=O) groups excluding carboxylic acids is 1. The Balaban J connectivity index is 1.66. The van der Waals surface area contributed by atoms with Gasteiger partial charge >= 0.3 is 0 Å². The number of hydrogen-bond acceptors (Lipinski definition) is 2. The van der Waals surface area contributed by atoms with E-state index in [0.29, 0.717) is 5.56 Å². The van der Waals surface area contributed by atoms with Crippen molar-refractivity contribution >= 4 is 11.9 Å². The van der Waals surface area contributed by atoms with Gasteiger partial charge in [-0.15, -0.1) is 0 Å². The fraction of sp³-hybridized carbons (Fsp3) is 0.296. The van der Waals surface area contributed by atoms with Crippen LogP contribution >= 0.6 is 0 Å². The Morgan fingerprint density at radius 1 is 1.13 bits per heavy atom. The quantitative estimate of drug-likeness (QED) is 0.521. The molecule has 0 saturated heterocycles. The van der Waals surface area contributed by atoms with Crippen molar-refractivity contribution in [1.82, 2.24) is 0 Å². The second-order valence-electron chi connectivity index (χ2n) is 8.43. The molecule has 0 amide bonds. The maximum Gasteiger partial charge on any atom is 0.182 e. The molecule has 2 aliphatic rings. The van der Waals surface area contributed by atoms with Crippen molar-refractivity contribution in [3.63, 3.8) is 0 Å². The van der Waals surface area contributed by atoms with E-state index in [9.17, 15) is 14.3 Å². The lowest BCUT2D eigenvalue weighted by molar-refractivity contribution is -0.113. The van der Waals surface area contributed by atoms with Gasteiger partial charge in [0.15, 0.2) is 5.78 Å². The van der Waals surface area contributed by atoms with Crippen LogP contribution in [-0.2, 0) is 4.79 Å². The van der Waals surface area contributed by atoms with E-state index >= 15 is 0 Å². The summed E-state index contributed by atoms with van der Waals surface area (Å²) in [5.41, 5.74) is 3.70. The Hall–Kier alpha value is -2.96. The molecule has 0 heterocycles. The fourth-order valence-electron chi connectivity index (χ4n) is 4.63. The molecule has 30 heavy (non-hydrogen) atoms. The lowest BCUT2D eigenvalue weighted by Gasteiger charge is -2.48. The van der Waals surface area contributed by atoms with Crippen LogP contribution in [0.5, 0.6) is 0 Å². The molecule has 3 atom stereocenters. The van der Waals surface area contributed by atoms with E-state index in [-0.39, 0.29) is 17.5 Å². The van der Waals surface area contributed by atoms with Crippen molar-refractivity contribution in [2.24, 2.45) is 11.3 Å². The summed E-state index contributed by atoms with van der Waals surface area (Å²) >= 11 is 0. The van der Waals surface area contributed by atoms with Gasteiger partial charge in [0.25, 0.3) is 0 Å². The van der Waals surface area contributed by atoms with Crippen LogP contribution in [0.25, 0.3) is 6.08 Å². The molecule has 1 saturated carbocycles. The minimum absolute atomic E-state index is 0.0281. The molecular formula is C27H25FO2. The van der Waals surface area contributed by atoms with E-state index in [0.717, 1.165) is 41.5 Å². The Bertz CT molecular complexity index is 1110. The smallest absolute Gasteiger partial charge is 0.182 e. The molecule has 1 fully saturated rings. The first-order valence-corrected chi connectivity index (χ1v) is 10.4. The van der Waals surface area contributed by atoms with Crippen LogP contribution in [0, 0.1) is 29.0 Å². The van der Waals surface area contributed by atoms with E-state index in [1.165, 1.54) is 12.1 Å². The Morgan fingerprint density at radius 3 is 2.57 bits per heavy atom. The minimum Gasteiger partial charge on any atom is -0.392 e. The van der Waals surface area contributed by atoms with Crippen molar-refractivity contribution in [3.05, 3.63) is 88.3 Å². The van der Waals surface area contributed by atoms with Gasteiger partial charge in [0.05, 0.1) is 6.10 Å². The van der Waals surface area contributed by atoms with Gasteiger partial charge in [0.1, 0.15) is 5.82 Å². The van der Waals surface area contributed by atoms with Gasteiger partial charge in [0, 0.05) is 22.1 Å². The summed E-state index contributed by atoms with van der Waals surface area (Å²) in [5, 5.41) is 10.7. The topological polar surface area (TPSA) is 37.3 Å². The third kappa shape index (κ3) is 3.76. The van der Waals surface area contributed by atoms with Gasteiger partial charge in [-0.05, 0) is 73.2 Å². The first-order chi connectivity index (χ1) is 14.4. The van der Waals surface area contributed by atoms with Gasteiger partial charge in [-0.2, -0.15) is 0 Å². The number of allylic oxidation sites excluding steroid dienone is 2. The number of aliphatic hydroxyl groups is 1. The average Bonchev–Trinajstić information content (AvgIpc) is 2.73. The summed E-state index contributed by atoms with van der Waals surface area (Å²) in [6.07, 6.45) is 5.79. The molecule has 4 rings (SSSR count). The van der Waals surface area contributed by atoms with Crippen molar-refractivity contribution in [2.75, 3.05) is 0 Å². The third-order valence-electron chi connectivity index (χ3n) is 6.65. The zero-order valence-corrected chi connectivity index (χ0v) is 17.3. The van der Waals surface area contributed by atoms with Crippen LogP contribution in [0.4, 0.5) is 4.39 Å². The van der Waals surface area contributed by atoms with Gasteiger partial charge in [-0.1, -0.05) is 49.5 Å². The summed E-state index contributed by atoms with van der Waals surface area (Å²) < 4.78 is 13.3. The highest BCUT2D eigenvalue weighted by Gasteiger charge is 2.48. The standard InChI is InChI=1S/C27H25FO2/c1-18-24(25(29)17-22-9-5-11-26(30)27(18,22)2)16-21-8-3-6-19(14-21)12-13-20-7-4-10-23(28)15-20/h3-4,6-8,10,14-18,26,30H,5,9,11H2,1-2H3/b24-16+/t18-,26-,27-/m0/s1.